The minimum atomic E-state index is -0.217. The van der Waals surface area contributed by atoms with Gasteiger partial charge >= 0.3 is 0 Å². The summed E-state index contributed by atoms with van der Waals surface area (Å²) in [6, 6.07) is 4.76. The van der Waals surface area contributed by atoms with Gasteiger partial charge in [0.2, 0.25) is 0 Å². The molecular formula is C16H21ClFN3. The van der Waals surface area contributed by atoms with E-state index in [1.807, 2.05) is 0 Å². The van der Waals surface area contributed by atoms with Gasteiger partial charge in [-0.2, -0.15) is 0 Å². The molecular weight excluding hydrogens is 289 g/mol. The van der Waals surface area contributed by atoms with Crippen molar-refractivity contribution in [1.82, 2.24) is 14.5 Å². The SMILES string of the molecule is CCN1CCC(Cn2c(CCl)nc3ccc(F)cc32)CC1. The molecule has 1 aliphatic rings. The van der Waals surface area contributed by atoms with Crippen molar-refractivity contribution in [1.29, 1.82) is 0 Å². The number of imidazole rings is 1. The molecule has 1 fully saturated rings. The zero-order valence-electron chi connectivity index (χ0n) is 12.4. The van der Waals surface area contributed by atoms with Gasteiger partial charge in [0.05, 0.1) is 16.9 Å². The summed E-state index contributed by atoms with van der Waals surface area (Å²) in [5.74, 6) is 1.61. The van der Waals surface area contributed by atoms with Crippen molar-refractivity contribution in [2.24, 2.45) is 5.92 Å². The van der Waals surface area contributed by atoms with Crippen LogP contribution in [0.1, 0.15) is 25.6 Å². The molecule has 0 radical (unpaired) electrons. The summed E-state index contributed by atoms with van der Waals surface area (Å²) in [5.41, 5.74) is 1.70. The molecule has 3 rings (SSSR count). The predicted molar refractivity (Wildman–Crippen MR) is 84.1 cm³/mol. The third-order valence-electron chi connectivity index (χ3n) is 4.50. The van der Waals surface area contributed by atoms with Gasteiger partial charge in [0, 0.05) is 6.54 Å². The number of aromatic nitrogens is 2. The van der Waals surface area contributed by atoms with Crippen molar-refractivity contribution in [3.05, 3.63) is 29.8 Å². The summed E-state index contributed by atoms with van der Waals surface area (Å²) >= 11 is 6.02. The number of alkyl halides is 1. The van der Waals surface area contributed by atoms with Crippen LogP contribution in [0.3, 0.4) is 0 Å². The van der Waals surface area contributed by atoms with Crippen LogP contribution in [-0.4, -0.2) is 34.1 Å². The van der Waals surface area contributed by atoms with Gasteiger partial charge in [-0.1, -0.05) is 6.92 Å². The lowest BCUT2D eigenvalue weighted by atomic mass is 9.96. The van der Waals surface area contributed by atoms with E-state index in [1.165, 1.54) is 18.9 Å². The van der Waals surface area contributed by atoms with E-state index in [4.69, 9.17) is 11.6 Å². The van der Waals surface area contributed by atoms with Gasteiger partial charge in [-0.05, 0) is 56.6 Å². The molecule has 2 aromatic rings. The van der Waals surface area contributed by atoms with Crippen LogP contribution in [0, 0.1) is 11.7 Å². The van der Waals surface area contributed by atoms with Gasteiger partial charge in [0.1, 0.15) is 11.6 Å². The van der Waals surface area contributed by atoms with Gasteiger partial charge in [0.15, 0.2) is 0 Å². The van der Waals surface area contributed by atoms with Crippen molar-refractivity contribution in [3.8, 4) is 0 Å². The smallest absolute Gasteiger partial charge is 0.125 e. The first-order valence-electron chi connectivity index (χ1n) is 7.64. The van der Waals surface area contributed by atoms with Crippen LogP contribution in [0.2, 0.25) is 0 Å². The molecule has 21 heavy (non-hydrogen) atoms. The van der Waals surface area contributed by atoms with Crippen LogP contribution < -0.4 is 0 Å². The van der Waals surface area contributed by atoms with E-state index in [0.29, 0.717) is 11.8 Å². The first-order valence-corrected chi connectivity index (χ1v) is 8.17. The van der Waals surface area contributed by atoms with Crippen molar-refractivity contribution in [2.75, 3.05) is 19.6 Å². The number of piperidine rings is 1. The maximum atomic E-state index is 13.5. The first-order chi connectivity index (χ1) is 10.2. The van der Waals surface area contributed by atoms with Crippen LogP contribution in [0.4, 0.5) is 4.39 Å². The van der Waals surface area contributed by atoms with Crippen LogP contribution in [-0.2, 0) is 12.4 Å². The lowest BCUT2D eigenvalue weighted by Gasteiger charge is -2.31. The van der Waals surface area contributed by atoms with Gasteiger partial charge in [0.25, 0.3) is 0 Å². The van der Waals surface area contributed by atoms with E-state index in [2.05, 4.69) is 21.4 Å². The predicted octanol–water partition coefficient (Wildman–Crippen LogP) is 3.65. The molecule has 0 bridgehead atoms. The third-order valence-corrected chi connectivity index (χ3v) is 4.74. The zero-order chi connectivity index (χ0) is 14.8. The summed E-state index contributed by atoms with van der Waals surface area (Å²) in [4.78, 5) is 7.00. The Morgan fingerprint density at radius 3 is 2.76 bits per heavy atom. The van der Waals surface area contributed by atoms with E-state index in [0.717, 1.165) is 43.0 Å². The van der Waals surface area contributed by atoms with E-state index in [9.17, 15) is 4.39 Å². The summed E-state index contributed by atoms with van der Waals surface area (Å²) < 4.78 is 15.6. The molecule has 0 unspecified atom stereocenters. The average molecular weight is 310 g/mol. The van der Waals surface area contributed by atoms with E-state index < -0.39 is 0 Å². The maximum Gasteiger partial charge on any atom is 0.125 e. The second kappa shape index (κ2) is 6.32. The number of benzene rings is 1. The number of hydrogen-bond acceptors (Lipinski definition) is 2. The Kier molecular flexibility index (Phi) is 4.45. The Bertz CT molecular complexity index is 617. The molecule has 2 heterocycles. The van der Waals surface area contributed by atoms with Crippen molar-refractivity contribution in [2.45, 2.75) is 32.2 Å². The topological polar surface area (TPSA) is 21.1 Å². The molecule has 0 saturated carbocycles. The average Bonchev–Trinajstić information content (AvgIpc) is 2.85. The molecule has 0 spiro atoms. The molecule has 1 aliphatic heterocycles. The van der Waals surface area contributed by atoms with Crippen LogP contribution in [0.5, 0.6) is 0 Å². The summed E-state index contributed by atoms with van der Waals surface area (Å²) in [6.07, 6.45) is 2.37. The van der Waals surface area contributed by atoms with Crippen molar-refractivity contribution < 1.29 is 4.39 Å². The number of halogens is 2. The molecule has 114 valence electrons. The molecule has 0 amide bonds. The minimum absolute atomic E-state index is 0.217. The molecule has 0 N–H and O–H groups in total. The summed E-state index contributed by atoms with van der Waals surface area (Å²) in [6.45, 7) is 6.52. The summed E-state index contributed by atoms with van der Waals surface area (Å²) in [7, 11) is 0. The molecule has 0 aliphatic carbocycles. The highest BCUT2D eigenvalue weighted by Crippen LogP contribution is 2.24. The molecule has 1 aromatic carbocycles. The standard InChI is InChI=1S/C16H21ClFN3/c1-2-20-7-5-12(6-8-20)11-21-15-9-13(18)3-4-14(15)19-16(21)10-17/h3-4,9,12H,2,5-8,10-11H2,1H3. The Labute approximate surface area is 129 Å². The fourth-order valence-electron chi connectivity index (χ4n) is 3.19. The number of likely N-dealkylation sites (tertiary alicyclic amines) is 1. The highest BCUT2D eigenvalue weighted by molar-refractivity contribution is 6.16. The highest BCUT2D eigenvalue weighted by atomic mass is 35.5. The third kappa shape index (κ3) is 3.06. The quantitative estimate of drug-likeness (QED) is 0.804. The van der Waals surface area contributed by atoms with Crippen molar-refractivity contribution in [3.63, 3.8) is 0 Å². The van der Waals surface area contributed by atoms with E-state index in [-0.39, 0.29) is 5.82 Å². The number of hydrogen-bond donors (Lipinski definition) is 0. The number of fused-ring (bicyclic) bond motifs is 1. The molecule has 0 atom stereocenters. The molecule has 1 aromatic heterocycles. The second-order valence-corrected chi connectivity index (χ2v) is 6.05. The fourth-order valence-corrected chi connectivity index (χ4v) is 3.40. The Hall–Kier alpha value is -1.13. The Morgan fingerprint density at radius 1 is 1.33 bits per heavy atom. The fraction of sp³-hybridized carbons (Fsp3) is 0.562. The molecule has 1 saturated heterocycles. The van der Waals surface area contributed by atoms with E-state index in [1.54, 1.807) is 12.1 Å². The maximum absolute atomic E-state index is 13.5. The van der Waals surface area contributed by atoms with Crippen molar-refractivity contribution >= 4 is 22.6 Å². The molecule has 5 heteroatoms. The monoisotopic (exact) mass is 309 g/mol. The van der Waals surface area contributed by atoms with Crippen LogP contribution in [0.15, 0.2) is 18.2 Å². The Balaban J connectivity index is 1.84. The zero-order valence-corrected chi connectivity index (χ0v) is 13.1. The molecule has 3 nitrogen and oxygen atoms in total. The summed E-state index contributed by atoms with van der Waals surface area (Å²) in [5, 5.41) is 0. The van der Waals surface area contributed by atoms with Gasteiger partial charge in [-0.25, -0.2) is 9.37 Å². The highest BCUT2D eigenvalue weighted by Gasteiger charge is 2.20. The normalized spacial score (nSPS) is 17.7. The lowest BCUT2D eigenvalue weighted by molar-refractivity contribution is 0.181. The largest absolute Gasteiger partial charge is 0.327 e. The number of rotatable bonds is 4. The van der Waals surface area contributed by atoms with Crippen LogP contribution >= 0.6 is 11.6 Å². The minimum Gasteiger partial charge on any atom is -0.327 e. The first kappa shape index (κ1) is 14.8. The second-order valence-electron chi connectivity index (χ2n) is 5.78. The Morgan fingerprint density at radius 2 is 2.10 bits per heavy atom. The van der Waals surface area contributed by atoms with Gasteiger partial charge in [-0.15, -0.1) is 11.6 Å². The van der Waals surface area contributed by atoms with E-state index >= 15 is 0 Å². The van der Waals surface area contributed by atoms with Gasteiger partial charge < -0.3 is 9.47 Å². The van der Waals surface area contributed by atoms with Gasteiger partial charge in [-0.3, -0.25) is 0 Å². The number of nitrogens with zero attached hydrogens (tertiary/aromatic N) is 3. The lowest BCUT2D eigenvalue weighted by Crippen LogP contribution is -2.34. The van der Waals surface area contributed by atoms with Crippen LogP contribution in [0.25, 0.3) is 11.0 Å².